The van der Waals surface area contributed by atoms with Gasteiger partial charge < -0.3 is 25.0 Å². The van der Waals surface area contributed by atoms with Gasteiger partial charge in [-0.05, 0) is 24.1 Å². The van der Waals surface area contributed by atoms with E-state index in [-0.39, 0.29) is 18.2 Å². The highest BCUT2D eigenvalue weighted by molar-refractivity contribution is 5.78. The monoisotopic (exact) mass is 480 g/mol. The summed E-state index contributed by atoms with van der Waals surface area (Å²) in [5.74, 6) is 0.143. The summed E-state index contributed by atoms with van der Waals surface area (Å²) in [7, 11) is 0. The number of alkyl halides is 3. The summed E-state index contributed by atoms with van der Waals surface area (Å²) >= 11 is 0. The Morgan fingerprint density at radius 2 is 1.88 bits per heavy atom. The number of β-amino-alcohol motifs (C(OH)–C–C–N with tert-alkyl or cyclic N) is 1. The van der Waals surface area contributed by atoms with E-state index in [1.807, 2.05) is 0 Å². The van der Waals surface area contributed by atoms with Gasteiger partial charge in [0.05, 0.1) is 30.7 Å². The van der Waals surface area contributed by atoms with E-state index in [4.69, 9.17) is 0 Å². The smallest absolute Gasteiger partial charge is 0.406 e. The SMILES string of the molecule is O=C(CN1CCN(c2cnc(NCc3cccc(OC(F)(F)F)c3)nc2)CC1)N1CCC(O)C1. The van der Waals surface area contributed by atoms with Gasteiger partial charge in [-0.2, -0.15) is 0 Å². The van der Waals surface area contributed by atoms with Crippen LogP contribution < -0.4 is 15.0 Å². The van der Waals surface area contributed by atoms with Crippen LogP contribution in [0.3, 0.4) is 0 Å². The zero-order valence-electron chi connectivity index (χ0n) is 18.5. The van der Waals surface area contributed by atoms with Crippen LogP contribution in [0.4, 0.5) is 24.8 Å². The number of rotatable bonds is 7. The van der Waals surface area contributed by atoms with Crippen molar-refractivity contribution in [2.75, 3.05) is 56.0 Å². The Kier molecular flexibility index (Phi) is 7.37. The van der Waals surface area contributed by atoms with E-state index in [0.717, 1.165) is 31.9 Å². The highest BCUT2D eigenvalue weighted by Crippen LogP contribution is 2.23. The van der Waals surface area contributed by atoms with Crippen LogP contribution in [0.25, 0.3) is 0 Å². The minimum Gasteiger partial charge on any atom is -0.406 e. The molecule has 3 heterocycles. The first-order valence-electron chi connectivity index (χ1n) is 11.1. The number of halogens is 3. The number of anilines is 2. The van der Waals surface area contributed by atoms with Crippen LogP contribution in [0.5, 0.6) is 5.75 Å². The molecule has 1 amide bonds. The third kappa shape index (κ3) is 6.70. The van der Waals surface area contributed by atoms with Crippen molar-refractivity contribution in [2.45, 2.75) is 25.4 Å². The molecular formula is C22H27F3N6O3. The fourth-order valence-corrected chi connectivity index (χ4v) is 4.03. The Morgan fingerprint density at radius 1 is 1.15 bits per heavy atom. The van der Waals surface area contributed by atoms with Crippen molar-refractivity contribution < 1.29 is 27.8 Å². The van der Waals surface area contributed by atoms with Gasteiger partial charge in [-0.15, -0.1) is 13.2 Å². The average Bonchev–Trinajstić information content (AvgIpc) is 3.24. The molecule has 2 N–H and O–H groups in total. The number of aliphatic hydroxyl groups is 1. The quantitative estimate of drug-likeness (QED) is 0.619. The number of hydrogen-bond donors (Lipinski definition) is 2. The van der Waals surface area contributed by atoms with Gasteiger partial charge in [0.1, 0.15) is 5.75 Å². The second-order valence-electron chi connectivity index (χ2n) is 8.36. The molecule has 0 saturated carbocycles. The summed E-state index contributed by atoms with van der Waals surface area (Å²) in [6.07, 6.45) is -1.10. The van der Waals surface area contributed by atoms with E-state index in [9.17, 15) is 23.1 Å². The largest absolute Gasteiger partial charge is 0.573 e. The zero-order chi connectivity index (χ0) is 24.1. The lowest BCUT2D eigenvalue weighted by Gasteiger charge is -2.36. The zero-order valence-corrected chi connectivity index (χ0v) is 18.5. The van der Waals surface area contributed by atoms with Gasteiger partial charge in [-0.3, -0.25) is 9.69 Å². The molecule has 1 atom stereocenters. The van der Waals surface area contributed by atoms with Crippen LogP contribution in [-0.4, -0.2) is 89.1 Å². The van der Waals surface area contributed by atoms with Crippen molar-refractivity contribution in [3.8, 4) is 5.75 Å². The Labute approximate surface area is 195 Å². The lowest BCUT2D eigenvalue weighted by molar-refractivity contribution is -0.274. The molecule has 2 fully saturated rings. The van der Waals surface area contributed by atoms with Gasteiger partial charge in [-0.25, -0.2) is 9.97 Å². The number of piperazine rings is 1. The van der Waals surface area contributed by atoms with Gasteiger partial charge >= 0.3 is 6.36 Å². The number of nitrogens with zero attached hydrogens (tertiary/aromatic N) is 5. The lowest BCUT2D eigenvalue weighted by Crippen LogP contribution is -2.50. The van der Waals surface area contributed by atoms with Crippen LogP contribution in [-0.2, 0) is 11.3 Å². The number of amides is 1. The molecule has 4 rings (SSSR count). The Bertz CT molecular complexity index is 967. The standard InChI is InChI=1S/C22H27F3N6O3/c23-22(24,25)34-19-3-1-2-16(10-19)11-26-21-27-12-17(13-28-21)30-8-6-29(7-9-30)15-20(33)31-5-4-18(32)14-31/h1-3,10,12-13,18,32H,4-9,11,14-15H2,(H,26,27,28). The summed E-state index contributed by atoms with van der Waals surface area (Å²) in [6, 6.07) is 5.73. The van der Waals surface area contributed by atoms with E-state index in [0.29, 0.717) is 37.6 Å². The molecule has 1 aromatic heterocycles. The van der Waals surface area contributed by atoms with Crippen molar-refractivity contribution in [2.24, 2.45) is 0 Å². The number of hydrogen-bond acceptors (Lipinski definition) is 8. The number of aromatic nitrogens is 2. The van der Waals surface area contributed by atoms with Crippen molar-refractivity contribution in [3.05, 3.63) is 42.2 Å². The molecule has 2 aromatic rings. The van der Waals surface area contributed by atoms with Gasteiger partial charge in [0, 0.05) is 45.8 Å². The van der Waals surface area contributed by atoms with E-state index >= 15 is 0 Å². The number of carbonyl (C=O) groups is 1. The molecule has 0 spiro atoms. The molecule has 2 aliphatic rings. The predicted octanol–water partition coefficient (Wildman–Crippen LogP) is 1.70. The Balaban J connectivity index is 1.23. The van der Waals surface area contributed by atoms with E-state index in [1.54, 1.807) is 23.4 Å². The number of aliphatic hydroxyl groups excluding tert-OH is 1. The van der Waals surface area contributed by atoms with Gasteiger partial charge in [0.25, 0.3) is 0 Å². The van der Waals surface area contributed by atoms with Crippen LogP contribution in [0.2, 0.25) is 0 Å². The first kappa shape index (κ1) is 24.0. The third-order valence-corrected chi connectivity index (χ3v) is 5.83. The van der Waals surface area contributed by atoms with Gasteiger partial charge in [0.2, 0.25) is 11.9 Å². The Hall–Kier alpha value is -3.12. The van der Waals surface area contributed by atoms with Crippen molar-refractivity contribution in [1.82, 2.24) is 19.8 Å². The van der Waals surface area contributed by atoms with Crippen LogP contribution in [0, 0.1) is 0 Å². The average molecular weight is 480 g/mol. The molecule has 0 aliphatic carbocycles. The molecular weight excluding hydrogens is 453 g/mol. The molecule has 1 aromatic carbocycles. The summed E-state index contributed by atoms with van der Waals surface area (Å²) in [5.41, 5.74) is 1.46. The minimum absolute atomic E-state index is 0.0549. The fourth-order valence-electron chi connectivity index (χ4n) is 4.03. The normalized spacial score (nSPS) is 19.4. The lowest BCUT2D eigenvalue weighted by atomic mass is 10.2. The second kappa shape index (κ2) is 10.4. The first-order chi connectivity index (χ1) is 16.2. The van der Waals surface area contributed by atoms with Crippen molar-refractivity contribution >= 4 is 17.5 Å². The summed E-state index contributed by atoms with van der Waals surface area (Å²) < 4.78 is 41.1. The molecule has 1 unspecified atom stereocenters. The van der Waals surface area contributed by atoms with Gasteiger partial charge in [-0.1, -0.05) is 12.1 Å². The molecule has 9 nitrogen and oxygen atoms in total. The number of carbonyl (C=O) groups excluding carboxylic acids is 1. The summed E-state index contributed by atoms with van der Waals surface area (Å²) in [5, 5.41) is 12.6. The first-order valence-corrected chi connectivity index (χ1v) is 11.1. The predicted molar refractivity (Wildman–Crippen MR) is 118 cm³/mol. The maximum absolute atomic E-state index is 12.4. The summed E-state index contributed by atoms with van der Waals surface area (Å²) in [6.45, 7) is 4.57. The topological polar surface area (TPSA) is 94.1 Å². The molecule has 2 aliphatic heterocycles. The fraction of sp³-hybridized carbons (Fsp3) is 0.500. The molecule has 2 saturated heterocycles. The number of ether oxygens (including phenoxy) is 1. The van der Waals surface area contributed by atoms with Gasteiger partial charge in [0.15, 0.2) is 0 Å². The van der Waals surface area contributed by atoms with E-state index in [1.165, 1.54) is 18.2 Å². The Morgan fingerprint density at radius 3 is 2.53 bits per heavy atom. The number of likely N-dealkylation sites (tertiary alicyclic amines) is 1. The highest BCUT2D eigenvalue weighted by atomic mass is 19.4. The second-order valence-corrected chi connectivity index (χ2v) is 8.36. The van der Waals surface area contributed by atoms with Crippen molar-refractivity contribution in [3.63, 3.8) is 0 Å². The molecule has 0 radical (unpaired) electrons. The van der Waals surface area contributed by atoms with E-state index in [2.05, 4.69) is 29.8 Å². The third-order valence-electron chi connectivity index (χ3n) is 5.83. The molecule has 0 bridgehead atoms. The van der Waals surface area contributed by atoms with Crippen LogP contribution >= 0.6 is 0 Å². The van der Waals surface area contributed by atoms with E-state index < -0.39 is 12.5 Å². The van der Waals surface area contributed by atoms with Crippen LogP contribution in [0.1, 0.15) is 12.0 Å². The minimum atomic E-state index is -4.73. The number of nitrogens with one attached hydrogen (secondary N) is 1. The maximum Gasteiger partial charge on any atom is 0.573 e. The van der Waals surface area contributed by atoms with Crippen molar-refractivity contribution in [1.29, 1.82) is 0 Å². The highest BCUT2D eigenvalue weighted by Gasteiger charge is 2.31. The molecule has 34 heavy (non-hydrogen) atoms. The molecule has 12 heteroatoms. The molecule has 184 valence electrons. The number of benzene rings is 1. The maximum atomic E-state index is 12.4. The summed E-state index contributed by atoms with van der Waals surface area (Å²) in [4.78, 5) is 26.9. The van der Waals surface area contributed by atoms with Crippen LogP contribution in [0.15, 0.2) is 36.7 Å².